The normalized spacial score (nSPS) is 11.9. The highest BCUT2D eigenvalue weighted by Crippen LogP contribution is 2.29. The van der Waals surface area contributed by atoms with Gasteiger partial charge in [0.25, 0.3) is 0 Å². The zero-order valence-corrected chi connectivity index (χ0v) is 12.6. The third kappa shape index (κ3) is 2.64. The zero-order valence-electron chi connectivity index (χ0n) is 11.0. The van der Waals surface area contributed by atoms with Crippen molar-refractivity contribution in [2.24, 2.45) is 0 Å². The first-order valence-electron chi connectivity index (χ1n) is 5.92. The summed E-state index contributed by atoms with van der Waals surface area (Å²) in [5.41, 5.74) is 3.29. The Labute approximate surface area is 120 Å². The Morgan fingerprint density at radius 3 is 2.74 bits per heavy atom. The number of halogens is 1. The van der Waals surface area contributed by atoms with Crippen molar-refractivity contribution >= 4 is 21.6 Å². The number of aryl methyl sites for hydroxylation is 2. The van der Waals surface area contributed by atoms with Gasteiger partial charge in [-0.1, -0.05) is 11.2 Å². The van der Waals surface area contributed by atoms with Gasteiger partial charge >= 0.3 is 0 Å². The Balaban J connectivity index is 2.33. The molecule has 0 radical (unpaired) electrons. The predicted octanol–water partition coefficient (Wildman–Crippen LogP) is 4.10. The average Bonchev–Trinajstić information content (AvgIpc) is 2.69. The number of rotatable bonds is 3. The van der Waals surface area contributed by atoms with Gasteiger partial charge in [-0.15, -0.1) is 0 Å². The van der Waals surface area contributed by atoms with Crippen LogP contribution < -0.4 is 5.32 Å². The van der Waals surface area contributed by atoms with Gasteiger partial charge in [-0.05, 0) is 48.8 Å². The molecule has 1 aromatic carbocycles. The Bertz CT molecular complexity index is 623. The SMILES string of the molecule is Cc1noc(C)c1C(C)Nc1cccc(Br)c1C#N. The Morgan fingerprint density at radius 1 is 1.42 bits per heavy atom. The smallest absolute Gasteiger partial charge is 0.139 e. The van der Waals surface area contributed by atoms with Crippen LogP contribution in [0.1, 0.15) is 35.5 Å². The maximum absolute atomic E-state index is 9.20. The van der Waals surface area contributed by atoms with E-state index in [1.165, 1.54) is 0 Å². The highest BCUT2D eigenvalue weighted by atomic mass is 79.9. The summed E-state index contributed by atoms with van der Waals surface area (Å²) in [7, 11) is 0. The summed E-state index contributed by atoms with van der Waals surface area (Å²) in [5.74, 6) is 0.797. The van der Waals surface area contributed by atoms with Gasteiger partial charge in [-0.2, -0.15) is 5.26 Å². The predicted molar refractivity (Wildman–Crippen MR) is 76.9 cm³/mol. The number of benzene rings is 1. The monoisotopic (exact) mass is 319 g/mol. The summed E-state index contributed by atoms with van der Waals surface area (Å²) in [6, 6.07) is 7.85. The summed E-state index contributed by atoms with van der Waals surface area (Å²) >= 11 is 3.38. The van der Waals surface area contributed by atoms with E-state index in [0.717, 1.165) is 27.2 Å². The van der Waals surface area contributed by atoms with E-state index in [-0.39, 0.29) is 6.04 Å². The van der Waals surface area contributed by atoms with Crippen LogP contribution in [0.15, 0.2) is 27.2 Å². The van der Waals surface area contributed by atoms with Crippen molar-refractivity contribution in [3.8, 4) is 6.07 Å². The third-order valence-electron chi connectivity index (χ3n) is 3.02. The van der Waals surface area contributed by atoms with Crippen LogP contribution in [0.4, 0.5) is 5.69 Å². The maximum Gasteiger partial charge on any atom is 0.139 e. The van der Waals surface area contributed by atoms with Gasteiger partial charge in [0.1, 0.15) is 11.8 Å². The molecule has 19 heavy (non-hydrogen) atoms. The largest absolute Gasteiger partial charge is 0.377 e. The molecular weight excluding hydrogens is 306 g/mol. The lowest BCUT2D eigenvalue weighted by Gasteiger charge is -2.16. The quantitative estimate of drug-likeness (QED) is 0.925. The number of aromatic nitrogens is 1. The van der Waals surface area contributed by atoms with E-state index in [0.29, 0.717) is 5.56 Å². The molecule has 0 saturated heterocycles. The molecule has 0 aliphatic rings. The number of nitrogens with zero attached hydrogens (tertiary/aromatic N) is 2. The van der Waals surface area contributed by atoms with Crippen molar-refractivity contribution in [3.63, 3.8) is 0 Å². The molecule has 0 amide bonds. The van der Waals surface area contributed by atoms with Gasteiger partial charge in [0.15, 0.2) is 0 Å². The van der Waals surface area contributed by atoms with E-state index < -0.39 is 0 Å². The van der Waals surface area contributed by atoms with Crippen molar-refractivity contribution in [3.05, 3.63) is 45.3 Å². The second-order valence-corrected chi connectivity index (χ2v) is 5.23. The minimum absolute atomic E-state index is 0.0210. The van der Waals surface area contributed by atoms with E-state index in [9.17, 15) is 5.26 Å². The summed E-state index contributed by atoms with van der Waals surface area (Å²) in [6.07, 6.45) is 0. The van der Waals surface area contributed by atoms with Crippen molar-refractivity contribution < 1.29 is 4.52 Å². The van der Waals surface area contributed by atoms with Crippen LogP contribution in [0.25, 0.3) is 0 Å². The second-order valence-electron chi connectivity index (χ2n) is 4.38. The van der Waals surface area contributed by atoms with E-state index >= 15 is 0 Å². The fraction of sp³-hybridized carbons (Fsp3) is 0.286. The average molecular weight is 320 g/mol. The molecule has 1 atom stereocenters. The number of anilines is 1. The topological polar surface area (TPSA) is 61.9 Å². The first-order valence-corrected chi connectivity index (χ1v) is 6.71. The lowest BCUT2D eigenvalue weighted by Crippen LogP contribution is -2.09. The Hall–Kier alpha value is -1.80. The number of nitrogens with one attached hydrogen (secondary N) is 1. The fourth-order valence-electron chi connectivity index (χ4n) is 2.17. The lowest BCUT2D eigenvalue weighted by atomic mass is 10.1. The fourth-order valence-corrected chi connectivity index (χ4v) is 2.63. The first kappa shape index (κ1) is 13.6. The van der Waals surface area contributed by atoms with Crippen LogP contribution in [0.5, 0.6) is 0 Å². The Morgan fingerprint density at radius 2 is 2.16 bits per heavy atom. The van der Waals surface area contributed by atoms with Gasteiger partial charge in [-0.25, -0.2) is 0 Å². The zero-order chi connectivity index (χ0) is 14.0. The molecule has 4 nitrogen and oxygen atoms in total. The molecule has 1 aromatic heterocycles. The van der Waals surface area contributed by atoms with Crippen LogP contribution in [0.3, 0.4) is 0 Å². The van der Waals surface area contributed by atoms with Crippen molar-refractivity contribution in [1.82, 2.24) is 5.16 Å². The molecule has 98 valence electrons. The molecule has 0 aliphatic heterocycles. The molecule has 1 heterocycles. The first-order chi connectivity index (χ1) is 9.04. The van der Waals surface area contributed by atoms with Gasteiger partial charge in [0.2, 0.25) is 0 Å². The van der Waals surface area contributed by atoms with Crippen molar-refractivity contribution in [1.29, 1.82) is 5.26 Å². The lowest BCUT2D eigenvalue weighted by molar-refractivity contribution is 0.392. The highest BCUT2D eigenvalue weighted by molar-refractivity contribution is 9.10. The summed E-state index contributed by atoms with van der Waals surface area (Å²) < 4.78 is 5.95. The molecule has 0 bridgehead atoms. The molecular formula is C14H14BrN3O. The molecule has 0 saturated carbocycles. The molecule has 0 fully saturated rings. The van der Waals surface area contributed by atoms with Gasteiger partial charge < -0.3 is 9.84 Å². The highest BCUT2D eigenvalue weighted by Gasteiger charge is 2.17. The second kappa shape index (κ2) is 5.45. The molecule has 1 N–H and O–H groups in total. The van der Waals surface area contributed by atoms with Crippen LogP contribution in [0, 0.1) is 25.2 Å². The van der Waals surface area contributed by atoms with E-state index in [4.69, 9.17) is 4.52 Å². The van der Waals surface area contributed by atoms with Gasteiger partial charge in [-0.3, -0.25) is 0 Å². The van der Waals surface area contributed by atoms with Crippen molar-refractivity contribution in [2.75, 3.05) is 5.32 Å². The van der Waals surface area contributed by atoms with Gasteiger partial charge in [0, 0.05) is 10.0 Å². The van der Waals surface area contributed by atoms with Crippen LogP contribution in [0.2, 0.25) is 0 Å². The molecule has 0 aliphatic carbocycles. The van der Waals surface area contributed by atoms with Gasteiger partial charge in [0.05, 0.1) is 23.0 Å². The number of hydrogen-bond acceptors (Lipinski definition) is 4. The molecule has 5 heteroatoms. The van der Waals surface area contributed by atoms with Crippen LogP contribution >= 0.6 is 15.9 Å². The third-order valence-corrected chi connectivity index (χ3v) is 3.68. The van der Waals surface area contributed by atoms with E-state index in [1.807, 2.05) is 39.0 Å². The summed E-state index contributed by atoms with van der Waals surface area (Å²) in [6.45, 7) is 5.82. The molecule has 0 spiro atoms. The Kier molecular flexibility index (Phi) is 3.91. The summed E-state index contributed by atoms with van der Waals surface area (Å²) in [4.78, 5) is 0. The minimum Gasteiger partial charge on any atom is -0.377 e. The van der Waals surface area contributed by atoms with Crippen LogP contribution in [-0.4, -0.2) is 5.16 Å². The molecule has 2 rings (SSSR count). The van der Waals surface area contributed by atoms with E-state index in [1.54, 1.807) is 0 Å². The number of hydrogen-bond donors (Lipinski definition) is 1. The van der Waals surface area contributed by atoms with E-state index in [2.05, 4.69) is 32.5 Å². The number of nitriles is 1. The van der Waals surface area contributed by atoms with Crippen molar-refractivity contribution in [2.45, 2.75) is 26.8 Å². The van der Waals surface area contributed by atoms with Crippen LogP contribution in [-0.2, 0) is 0 Å². The standard InChI is InChI=1S/C14H14BrN3O/c1-8(14-9(2)18-19-10(14)3)17-13-6-4-5-12(15)11(13)7-16/h4-6,8,17H,1-3H3. The minimum atomic E-state index is 0.0210. The molecule has 2 aromatic rings. The maximum atomic E-state index is 9.20. The molecule has 1 unspecified atom stereocenters. The summed E-state index contributed by atoms with van der Waals surface area (Å²) in [5, 5.41) is 16.5.